The van der Waals surface area contributed by atoms with Crippen molar-refractivity contribution in [3.63, 3.8) is 0 Å². The van der Waals surface area contributed by atoms with Crippen LogP contribution in [0.5, 0.6) is 5.75 Å². The number of fused-ring (bicyclic) bond motifs is 1. The van der Waals surface area contributed by atoms with Gasteiger partial charge in [-0.05, 0) is 58.9 Å². The number of nitrogens with zero attached hydrogens (tertiary/aromatic N) is 1. The van der Waals surface area contributed by atoms with Gasteiger partial charge in [0.15, 0.2) is 0 Å². The average Bonchev–Trinajstić information content (AvgIpc) is 3.28. The third-order valence-electron chi connectivity index (χ3n) is 6.56. The van der Waals surface area contributed by atoms with E-state index in [0.717, 1.165) is 24.3 Å². The van der Waals surface area contributed by atoms with Gasteiger partial charge in [0.1, 0.15) is 12.0 Å². The lowest BCUT2D eigenvalue weighted by Gasteiger charge is -2.29. The quantitative estimate of drug-likeness (QED) is 0.451. The van der Waals surface area contributed by atoms with Crippen molar-refractivity contribution in [3.05, 3.63) is 72.1 Å². The van der Waals surface area contributed by atoms with E-state index in [1.807, 2.05) is 6.07 Å². The van der Waals surface area contributed by atoms with Crippen LogP contribution in [-0.2, 0) is 5.41 Å². The van der Waals surface area contributed by atoms with Gasteiger partial charge in [-0.2, -0.15) is 0 Å². The third kappa shape index (κ3) is 4.95. The van der Waals surface area contributed by atoms with Gasteiger partial charge in [0, 0.05) is 5.56 Å². The second-order valence-electron chi connectivity index (χ2n) is 9.32. The highest BCUT2D eigenvalue weighted by molar-refractivity contribution is 5.53. The minimum atomic E-state index is 0.190. The van der Waals surface area contributed by atoms with E-state index in [9.17, 15) is 0 Å². The summed E-state index contributed by atoms with van der Waals surface area (Å²) in [5, 5.41) is 0. The van der Waals surface area contributed by atoms with Crippen LogP contribution in [0.3, 0.4) is 0 Å². The van der Waals surface area contributed by atoms with Crippen molar-refractivity contribution in [2.45, 2.75) is 59.3 Å². The van der Waals surface area contributed by atoms with Crippen LogP contribution in [0.15, 0.2) is 65.4 Å². The first-order valence-corrected chi connectivity index (χ1v) is 11.0. The molecule has 0 amide bonds. The predicted octanol–water partition coefficient (Wildman–Crippen LogP) is 7.48. The number of para-hydroxylation sites is 1. The summed E-state index contributed by atoms with van der Waals surface area (Å²) in [6.07, 6.45) is 4.43. The highest BCUT2D eigenvalue weighted by atomic mass is 16.5. The smallest absolute Gasteiger partial charge is 0.225 e. The molecule has 0 radical (unpaired) electrons. The van der Waals surface area contributed by atoms with Crippen molar-refractivity contribution in [1.82, 2.24) is 4.98 Å². The van der Waals surface area contributed by atoms with E-state index >= 15 is 0 Å². The maximum absolute atomic E-state index is 5.60. The summed E-state index contributed by atoms with van der Waals surface area (Å²) >= 11 is 0. The molecule has 3 heteroatoms. The van der Waals surface area contributed by atoms with Gasteiger partial charge < -0.3 is 9.15 Å². The summed E-state index contributed by atoms with van der Waals surface area (Å²) in [6.45, 7) is 14.5. The van der Waals surface area contributed by atoms with E-state index in [2.05, 4.69) is 89.0 Å². The number of hydrogen-bond donors (Lipinski definition) is 0. The molecule has 2 heterocycles. The normalized spacial score (nSPS) is 15.9. The number of aromatic nitrogens is 1. The van der Waals surface area contributed by atoms with E-state index < -0.39 is 0 Å². The summed E-state index contributed by atoms with van der Waals surface area (Å²) in [5.41, 5.74) is 3.96. The third-order valence-corrected chi connectivity index (χ3v) is 6.56. The zero-order valence-corrected chi connectivity index (χ0v) is 19.2. The molecule has 0 spiro atoms. The molecule has 1 aromatic heterocycles. The van der Waals surface area contributed by atoms with Crippen molar-refractivity contribution < 1.29 is 9.15 Å². The number of rotatable bonds is 4. The maximum atomic E-state index is 5.60. The van der Waals surface area contributed by atoms with Crippen molar-refractivity contribution in [2.24, 2.45) is 11.8 Å². The molecule has 0 saturated heterocycles. The summed E-state index contributed by atoms with van der Waals surface area (Å²) < 4.78 is 10.9. The monoisotopic (exact) mass is 405 g/mol. The van der Waals surface area contributed by atoms with Crippen LogP contribution >= 0.6 is 0 Å². The molecule has 1 aliphatic rings. The Labute approximate surface area is 181 Å². The molecule has 30 heavy (non-hydrogen) atoms. The molecule has 1 aliphatic heterocycles. The van der Waals surface area contributed by atoms with Crippen molar-refractivity contribution in [1.29, 1.82) is 0 Å². The number of ether oxygens (including phenoxy) is 1. The molecule has 0 bridgehead atoms. The van der Waals surface area contributed by atoms with E-state index in [-0.39, 0.29) is 5.41 Å². The Morgan fingerprint density at radius 2 is 1.67 bits per heavy atom. The molecular weight excluding hydrogens is 370 g/mol. The molecule has 2 aromatic carbocycles. The fraction of sp³-hybridized carbons (Fsp3) is 0.444. The topological polar surface area (TPSA) is 35.3 Å². The zero-order valence-electron chi connectivity index (χ0n) is 19.2. The van der Waals surface area contributed by atoms with Crippen LogP contribution in [0.4, 0.5) is 0 Å². The Morgan fingerprint density at radius 3 is 2.27 bits per heavy atom. The largest absolute Gasteiger partial charge is 0.493 e. The van der Waals surface area contributed by atoms with Gasteiger partial charge in [-0.15, -0.1) is 0 Å². The standard InChI is InChI=1S/C15H19NO.C12H16O/c1-11(2)15(3,4)13-7-5-12(6-8-13)14-16-9-10-17-14;1-9(2)10-7-8-13-12-6-4-3-5-11(10)12/h5-11H,1-4H3;3-6,9-10H,7-8H2,1-2H3. The Morgan fingerprint density at radius 1 is 0.967 bits per heavy atom. The van der Waals surface area contributed by atoms with Crippen molar-refractivity contribution >= 4 is 0 Å². The highest BCUT2D eigenvalue weighted by Crippen LogP contribution is 2.37. The zero-order chi connectivity index (χ0) is 21.7. The van der Waals surface area contributed by atoms with Gasteiger partial charge in [-0.25, -0.2) is 4.98 Å². The maximum Gasteiger partial charge on any atom is 0.225 e. The summed E-state index contributed by atoms with van der Waals surface area (Å²) in [7, 11) is 0. The highest BCUT2D eigenvalue weighted by Gasteiger charge is 2.25. The number of benzene rings is 2. The predicted molar refractivity (Wildman–Crippen MR) is 124 cm³/mol. The van der Waals surface area contributed by atoms with E-state index in [1.54, 1.807) is 12.5 Å². The Balaban J connectivity index is 0.000000177. The molecule has 3 aromatic rings. The van der Waals surface area contributed by atoms with Gasteiger partial charge in [0.05, 0.1) is 12.8 Å². The molecule has 0 aliphatic carbocycles. The second kappa shape index (κ2) is 9.51. The van der Waals surface area contributed by atoms with Crippen molar-refractivity contribution in [3.8, 4) is 17.2 Å². The molecule has 4 rings (SSSR count). The first-order chi connectivity index (χ1) is 14.3. The lowest BCUT2D eigenvalue weighted by atomic mass is 9.75. The van der Waals surface area contributed by atoms with Gasteiger partial charge >= 0.3 is 0 Å². The van der Waals surface area contributed by atoms with E-state index in [1.165, 1.54) is 11.1 Å². The number of hydrogen-bond acceptors (Lipinski definition) is 3. The summed E-state index contributed by atoms with van der Waals surface area (Å²) in [6, 6.07) is 16.9. The minimum absolute atomic E-state index is 0.190. The molecule has 3 nitrogen and oxygen atoms in total. The van der Waals surface area contributed by atoms with Gasteiger partial charge in [0.2, 0.25) is 5.89 Å². The molecular formula is C27H35NO2. The number of oxazole rings is 1. The molecule has 0 fully saturated rings. The van der Waals surface area contributed by atoms with Crippen LogP contribution in [0, 0.1) is 11.8 Å². The molecule has 0 saturated carbocycles. The van der Waals surface area contributed by atoms with E-state index in [0.29, 0.717) is 23.6 Å². The average molecular weight is 406 g/mol. The molecule has 0 N–H and O–H groups in total. The summed E-state index contributed by atoms with van der Waals surface area (Å²) in [5.74, 6) is 3.77. The SMILES string of the molecule is CC(C)C(C)(C)c1ccc(-c2ncco2)cc1.CC(C)C1CCOc2ccccc21. The van der Waals surface area contributed by atoms with Gasteiger partial charge in [-0.1, -0.05) is 71.9 Å². The Bertz CT molecular complexity index is 908. The molecule has 1 unspecified atom stereocenters. The van der Waals surface area contributed by atoms with Crippen molar-refractivity contribution in [2.75, 3.05) is 6.61 Å². The van der Waals surface area contributed by atoms with Crippen LogP contribution in [0.1, 0.15) is 65.0 Å². The second-order valence-corrected chi connectivity index (χ2v) is 9.32. The van der Waals surface area contributed by atoms with Crippen LogP contribution in [0.25, 0.3) is 11.5 Å². The first kappa shape index (κ1) is 22.1. The van der Waals surface area contributed by atoms with Crippen LogP contribution in [0.2, 0.25) is 0 Å². The summed E-state index contributed by atoms with van der Waals surface area (Å²) in [4.78, 5) is 4.15. The van der Waals surface area contributed by atoms with Gasteiger partial charge in [-0.3, -0.25) is 0 Å². The Kier molecular flexibility index (Phi) is 7.02. The first-order valence-electron chi connectivity index (χ1n) is 11.0. The fourth-order valence-corrected chi connectivity index (χ4v) is 3.80. The minimum Gasteiger partial charge on any atom is -0.493 e. The van der Waals surface area contributed by atoms with Crippen LogP contribution in [-0.4, -0.2) is 11.6 Å². The molecule has 1 atom stereocenters. The Hall–Kier alpha value is -2.55. The lowest BCUT2D eigenvalue weighted by Crippen LogP contribution is -2.24. The lowest BCUT2D eigenvalue weighted by molar-refractivity contribution is 0.247. The fourth-order valence-electron chi connectivity index (χ4n) is 3.80. The molecule has 160 valence electrons. The van der Waals surface area contributed by atoms with E-state index in [4.69, 9.17) is 9.15 Å². The van der Waals surface area contributed by atoms with Crippen LogP contribution < -0.4 is 4.74 Å². The van der Waals surface area contributed by atoms with Gasteiger partial charge in [0.25, 0.3) is 0 Å².